The summed E-state index contributed by atoms with van der Waals surface area (Å²) in [6, 6.07) is 0.777. The van der Waals surface area contributed by atoms with Crippen LogP contribution in [-0.2, 0) is 4.79 Å². The summed E-state index contributed by atoms with van der Waals surface area (Å²) in [6.07, 6.45) is 11.0. The summed E-state index contributed by atoms with van der Waals surface area (Å²) in [5, 5.41) is 9.02. The summed E-state index contributed by atoms with van der Waals surface area (Å²) < 4.78 is 0. The van der Waals surface area contributed by atoms with Gasteiger partial charge in [0, 0.05) is 12.6 Å². The van der Waals surface area contributed by atoms with Crippen molar-refractivity contribution in [3.8, 4) is 0 Å². The molecule has 1 atom stereocenters. The molecule has 0 radical (unpaired) electrons. The van der Waals surface area contributed by atoms with Gasteiger partial charge in [-0.3, -0.25) is 9.69 Å². The average Bonchev–Trinajstić information content (AvgIpc) is 2.78. The van der Waals surface area contributed by atoms with E-state index in [1.54, 1.807) is 0 Å². The van der Waals surface area contributed by atoms with Gasteiger partial charge in [0.25, 0.3) is 0 Å². The number of likely N-dealkylation sites (tertiary alicyclic amines) is 1. The first-order valence-electron chi connectivity index (χ1n) is 7.64. The number of hydrogen-bond donors (Lipinski definition) is 1. The molecule has 3 nitrogen and oxygen atoms in total. The molecular weight excluding hydrogens is 226 g/mol. The van der Waals surface area contributed by atoms with Crippen LogP contribution in [0.3, 0.4) is 0 Å². The van der Waals surface area contributed by atoms with Gasteiger partial charge in [-0.1, -0.05) is 12.8 Å². The second-order valence-corrected chi connectivity index (χ2v) is 6.80. The Morgan fingerprint density at radius 3 is 2.50 bits per heavy atom. The maximum atomic E-state index is 10.9. The lowest BCUT2D eigenvalue weighted by Crippen LogP contribution is -2.39. The normalized spacial score (nSPS) is 31.9. The van der Waals surface area contributed by atoms with Gasteiger partial charge in [0.1, 0.15) is 0 Å². The zero-order valence-corrected chi connectivity index (χ0v) is 11.2. The van der Waals surface area contributed by atoms with Gasteiger partial charge >= 0.3 is 5.97 Å². The highest BCUT2D eigenvalue weighted by molar-refractivity contribution is 5.68. The molecule has 0 aromatic carbocycles. The molecule has 0 aromatic rings. The van der Waals surface area contributed by atoms with Crippen LogP contribution in [0.15, 0.2) is 0 Å². The molecule has 18 heavy (non-hydrogen) atoms. The van der Waals surface area contributed by atoms with Crippen LogP contribution >= 0.6 is 0 Å². The summed E-state index contributed by atoms with van der Waals surface area (Å²) in [6.45, 7) is 2.27. The van der Waals surface area contributed by atoms with Crippen molar-refractivity contribution in [1.82, 2.24) is 4.90 Å². The van der Waals surface area contributed by atoms with E-state index in [0.717, 1.165) is 31.3 Å². The Bertz CT molecular complexity index is 318. The summed E-state index contributed by atoms with van der Waals surface area (Å²) in [7, 11) is 0. The van der Waals surface area contributed by atoms with Crippen LogP contribution in [0.4, 0.5) is 0 Å². The van der Waals surface area contributed by atoms with Crippen LogP contribution in [-0.4, -0.2) is 35.1 Å². The van der Waals surface area contributed by atoms with Crippen molar-refractivity contribution in [3.63, 3.8) is 0 Å². The van der Waals surface area contributed by atoms with Crippen LogP contribution in [0.5, 0.6) is 0 Å². The predicted octanol–water partition coefficient (Wildman–Crippen LogP) is 2.90. The molecule has 1 heterocycles. The summed E-state index contributed by atoms with van der Waals surface area (Å²) >= 11 is 0. The Balaban J connectivity index is 1.59. The third-order valence-electron chi connectivity index (χ3n) is 5.38. The molecule has 1 aliphatic heterocycles. The molecule has 3 aliphatic rings. The average molecular weight is 251 g/mol. The van der Waals surface area contributed by atoms with Crippen LogP contribution in [0, 0.1) is 11.3 Å². The van der Waals surface area contributed by atoms with Gasteiger partial charge < -0.3 is 5.11 Å². The van der Waals surface area contributed by atoms with Gasteiger partial charge in [-0.25, -0.2) is 0 Å². The fourth-order valence-electron chi connectivity index (χ4n) is 4.24. The lowest BCUT2D eigenvalue weighted by atomic mass is 9.94. The maximum Gasteiger partial charge on any atom is 0.303 e. The first kappa shape index (κ1) is 12.5. The van der Waals surface area contributed by atoms with Gasteiger partial charge in [-0.2, -0.15) is 0 Å². The number of carboxylic acid groups (broad SMARTS) is 1. The minimum absolute atomic E-state index is 0.146. The predicted molar refractivity (Wildman–Crippen MR) is 70.5 cm³/mol. The molecule has 1 unspecified atom stereocenters. The molecule has 102 valence electrons. The summed E-state index contributed by atoms with van der Waals surface area (Å²) in [5.74, 6) is 0.303. The number of aliphatic carboxylic acids is 1. The standard InChI is InChI=1S/C15H25NO2/c17-14(18)10-15(7-8-15)11-16-9-3-6-13(16)12-4-1-2-5-12/h12-13H,1-11H2,(H,17,18). The zero-order valence-electron chi connectivity index (χ0n) is 11.2. The van der Waals surface area contributed by atoms with Crippen molar-refractivity contribution in [2.45, 2.75) is 63.8 Å². The molecule has 3 fully saturated rings. The number of nitrogens with zero attached hydrogens (tertiary/aromatic N) is 1. The molecular formula is C15H25NO2. The topological polar surface area (TPSA) is 40.5 Å². The molecule has 0 bridgehead atoms. The molecule has 3 rings (SSSR count). The van der Waals surface area contributed by atoms with Gasteiger partial charge in [0.05, 0.1) is 6.42 Å². The Morgan fingerprint density at radius 2 is 1.89 bits per heavy atom. The van der Waals surface area contributed by atoms with Crippen LogP contribution in [0.25, 0.3) is 0 Å². The van der Waals surface area contributed by atoms with Crippen molar-refractivity contribution < 1.29 is 9.90 Å². The monoisotopic (exact) mass is 251 g/mol. The SMILES string of the molecule is O=C(O)CC1(CN2CCCC2C2CCCC2)CC1. The zero-order chi connectivity index (χ0) is 12.6. The highest BCUT2D eigenvalue weighted by Crippen LogP contribution is 2.50. The van der Waals surface area contributed by atoms with E-state index in [1.165, 1.54) is 45.1 Å². The third kappa shape index (κ3) is 2.56. The van der Waals surface area contributed by atoms with Gasteiger partial charge in [-0.05, 0) is 56.4 Å². The van der Waals surface area contributed by atoms with Crippen molar-refractivity contribution in [2.75, 3.05) is 13.1 Å². The minimum Gasteiger partial charge on any atom is -0.481 e. The van der Waals surface area contributed by atoms with E-state index in [0.29, 0.717) is 6.42 Å². The van der Waals surface area contributed by atoms with Crippen molar-refractivity contribution in [2.24, 2.45) is 11.3 Å². The van der Waals surface area contributed by atoms with Crippen LogP contribution in [0.2, 0.25) is 0 Å². The Kier molecular flexibility index (Phi) is 3.35. The number of carboxylic acids is 1. The van der Waals surface area contributed by atoms with E-state index < -0.39 is 5.97 Å². The van der Waals surface area contributed by atoms with Gasteiger partial charge in [0.2, 0.25) is 0 Å². The number of carbonyl (C=O) groups is 1. The molecule has 0 spiro atoms. The largest absolute Gasteiger partial charge is 0.481 e. The maximum absolute atomic E-state index is 10.9. The van der Waals surface area contributed by atoms with Gasteiger partial charge in [0.15, 0.2) is 0 Å². The minimum atomic E-state index is -0.607. The lowest BCUT2D eigenvalue weighted by Gasteiger charge is -2.32. The molecule has 1 saturated heterocycles. The second kappa shape index (κ2) is 4.84. The smallest absolute Gasteiger partial charge is 0.303 e. The first-order valence-corrected chi connectivity index (χ1v) is 7.64. The van der Waals surface area contributed by atoms with E-state index in [9.17, 15) is 4.79 Å². The summed E-state index contributed by atoms with van der Waals surface area (Å²) in [5.41, 5.74) is 0.146. The molecule has 3 heteroatoms. The fraction of sp³-hybridized carbons (Fsp3) is 0.933. The van der Waals surface area contributed by atoms with Crippen LogP contribution < -0.4 is 0 Å². The molecule has 2 saturated carbocycles. The van der Waals surface area contributed by atoms with Gasteiger partial charge in [-0.15, -0.1) is 0 Å². The van der Waals surface area contributed by atoms with Crippen molar-refractivity contribution in [3.05, 3.63) is 0 Å². The quantitative estimate of drug-likeness (QED) is 0.816. The van der Waals surface area contributed by atoms with Crippen molar-refractivity contribution >= 4 is 5.97 Å². The number of hydrogen-bond acceptors (Lipinski definition) is 2. The lowest BCUT2D eigenvalue weighted by molar-refractivity contribution is -0.138. The molecule has 1 N–H and O–H groups in total. The van der Waals surface area contributed by atoms with E-state index >= 15 is 0 Å². The molecule has 0 amide bonds. The Morgan fingerprint density at radius 1 is 1.17 bits per heavy atom. The molecule has 0 aromatic heterocycles. The highest BCUT2D eigenvalue weighted by atomic mass is 16.4. The molecule has 2 aliphatic carbocycles. The third-order valence-corrected chi connectivity index (χ3v) is 5.38. The van der Waals surface area contributed by atoms with E-state index in [1.807, 2.05) is 0 Å². The Labute approximate surface area is 110 Å². The van der Waals surface area contributed by atoms with Crippen LogP contribution in [0.1, 0.15) is 57.8 Å². The fourth-order valence-corrected chi connectivity index (χ4v) is 4.24. The highest BCUT2D eigenvalue weighted by Gasteiger charge is 2.47. The number of rotatable bonds is 5. The summed E-state index contributed by atoms with van der Waals surface area (Å²) in [4.78, 5) is 13.6. The van der Waals surface area contributed by atoms with E-state index in [4.69, 9.17) is 5.11 Å². The second-order valence-electron chi connectivity index (χ2n) is 6.80. The first-order chi connectivity index (χ1) is 8.69. The van der Waals surface area contributed by atoms with E-state index in [-0.39, 0.29) is 5.41 Å². The van der Waals surface area contributed by atoms with E-state index in [2.05, 4.69) is 4.90 Å². The van der Waals surface area contributed by atoms with Crippen molar-refractivity contribution in [1.29, 1.82) is 0 Å². The Hall–Kier alpha value is -0.570.